The van der Waals surface area contributed by atoms with E-state index in [1.807, 2.05) is 23.7 Å². The molecule has 0 saturated carbocycles. The van der Waals surface area contributed by atoms with Gasteiger partial charge in [-0.25, -0.2) is 4.98 Å². The van der Waals surface area contributed by atoms with Crippen LogP contribution in [0.1, 0.15) is 11.1 Å². The van der Waals surface area contributed by atoms with Crippen molar-refractivity contribution in [3.63, 3.8) is 0 Å². The Morgan fingerprint density at radius 1 is 1.64 bits per heavy atom. The van der Waals surface area contributed by atoms with Gasteiger partial charge in [0.05, 0.1) is 11.4 Å². The second-order valence-corrected chi connectivity index (χ2v) is 3.80. The zero-order valence-electron chi connectivity index (χ0n) is 7.47. The minimum Gasteiger partial charge on any atom is -0.385 e. The van der Waals surface area contributed by atoms with E-state index in [2.05, 4.69) is 9.97 Å². The number of nitrogens with zero attached hydrogens (tertiary/aromatic N) is 1. The topological polar surface area (TPSA) is 74.9 Å². The molecule has 14 heavy (non-hydrogen) atoms. The molecule has 2 rings (SSSR count). The number of H-pyrrole nitrogens is 1. The number of aliphatic hydroxyl groups excluding tert-OH is 1. The van der Waals surface area contributed by atoms with Gasteiger partial charge in [0.15, 0.2) is 0 Å². The lowest BCUT2D eigenvalue weighted by molar-refractivity contribution is 0.186. The zero-order chi connectivity index (χ0) is 9.97. The van der Waals surface area contributed by atoms with Crippen LogP contribution in [-0.2, 0) is 0 Å². The van der Waals surface area contributed by atoms with Gasteiger partial charge in [-0.2, -0.15) is 0 Å². The van der Waals surface area contributed by atoms with Crippen LogP contribution in [0.15, 0.2) is 23.7 Å². The first kappa shape index (κ1) is 9.39. The highest BCUT2D eigenvalue weighted by Gasteiger charge is 2.11. The molecule has 74 valence electrons. The fourth-order valence-electron chi connectivity index (χ4n) is 1.15. The van der Waals surface area contributed by atoms with Crippen LogP contribution in [0.25, 0.3) is 11.4 Å². The molecule has 0 aliphatic carbocycles. The molecule has 0 aliphatic heterocycles. The summed E-state index contributed by atoms with van der Waals surface area (Å²) in [6, 6.07) is 3.85. The molecule has 0 aliphatic rings. The van der Waals surface area contributed by atoms with Crippen LogP contribution in [0.4, 0.5) is 0 Å². The number of aromatic amines is 1. The van der Waals surface area contributed by atoms with Crippen LogP contribution in [0.2, 0.25) is 0 Å². The maximum Gasteiger partial charge on any atom is 0.123 e. The van der Waals surface area contributed by atoms with Crippen LogP contribution in [0, 0.1) is 0 Å². The molecule has 2 aromatic heterocycles. The highest BCUT2D eigenvalue weighted by Crippen LogP contribution is 2.23. The monoisotopic (exact) mass is 209 g/mol. The van der Waals surface area contributed by atoms with E-state index in [0.29, 0.717) is 5.01 Å². The van der Waals surface area contributed by atoms with Gasteiger partial charge in [-0.15, -0.1) is 11.3 Å². The Morgan fingerprint density at radius 2 is 2.50 bits per heavy atom. The Hall–Kier alpha value is -1.17. The van der Waals surface area contributed by atoms with Gasteiger partial charge in [0, 0.05) is 18.1 Å². The summed E-state index contributed by atoms with van der Waals surface area (Å²) in [7, 11) is 0. The summed E-state index contributed by atoms with van der Waals surface area (Å²) in [5.41, 5.74) is 7.15. The summed E-state index contributed by atoms with van der Waals surface area (Å²) in [4.78, 5) is 7.34. The summed E-state index contributed by atoms with van der Waals surface area (Å²) in [6.07, 6.45) is 1.19. The summed E-state index contributed by atoms with van der Waals surface area (Å²) in [5.74, 6) is 0. The molecule has 0 radical (unpaired) electrons. The molecule has 0 spiro atoms. The number of aromatic nitrogens is 2. The lowest BCUT2D eigenvalue weighted by Gasteiger charge is -2.00. The van der Waals surface area contributed by atoms with Crippen LogP contribution < -0.4 is 5.73 Å². The van der Waals surface area contributed by atoms with Crippen molar-refractivity contribution in [1.82, 2.24) is 9.97 Å². The maximum absolute atomic E-state index is 9.45. The summed E-state index contributed by atoms with van der Waals surface area (Å²) >= 11 is 1.42. The number of aliphatic hydroxyl groups is 1. The summed E-state index contributed by atoms with van der Waals surface area (Å²) in [5, 5.41) is 12.0. The van der Waals surface area contributed by atoms with Gasteiger partial charge >= 0.3 is 0 Å². The van der Waals surface area contributed by atoms with Gasteiger partial charge in [-0.1, -0.05) is 0 Å². The van der Waals surface area contributed by atoms with Crippen molar-refractivity contribution >= 4 is 11.3 Å². The van der Waals surface area contributed by atoms with Gasteiger partial charge in [0.25, 0.3) is 0 Å². The van der Waals surface area contributed by atoms with E-state index in [1.165, 1.54) is 11.3 Å². The van der Waals surface area contributed by atoms with E-state index in [0.717, 1.165) is 11.4 Å². The van der Waals surface area contributed by atoms with Gasteiger partial charge < -0.3 is 15.8 Å². The molecular weight excluding hydrogens is 198 g/mol. The third-order valence-corrected chi connectivity index (χ3v) is 2.85. The molecule has 4 nitrogen and oxygen atoms in total. The van der Waals surface area contributed by atoms with E-state index >= 15 is 0 Å². The summed E-state index contributed by atoms with van der Waals surface area (Å²) in [6.45, 7) is 0.206. The molecule has 0 bridgehead atoms. The van der Waals surface area contributed by atoms with Gasteiger partial charge in [-0.3, -0.25) is 0 Å². The summed E-state index contributed by atoms with van der Waals surface area (Å²) < 4.78 is 0. The first-order valence-electron chi connectivity index (χ1n) is 4.28. The average Bonchev–Trinajstić information content (AvgIpc) is 2.86. The van der Waals surface area contributed by atoms with Crippen molar-refractivity contribution in [2.24, 2.45) is 5.73 Å². The Bertz CT molecular complexity index is 396. The van der Waals surface area contributed by atoms with Crippen LogP contribution in [0.3, 0.4) is 0 Å². The highest BCUT2D eigenvalue weighted by molar-refractivity contribution is 7.10. The molecule has 1 atom stereocenters. The van der Waals surface area contributed by atoms with E-state index in [9.17, 15) is 5.11 Å². The minimum absolute atomic E-state index is 0.206. The van der Waals surface area contributed by atoms with E-state index in [4.69, 9.17) is 5.73 Å². The number of thiazole rings is 1. The molecule has 0 saturated heterocycles. The predicted octanol–water partition coefficient (Wildman–Crippen LogP) is 1.13. The molecule has 5 heteroatoms. The van der Waals surface area contributed by atoms with Gasteiger partial charge in [-0.05, 0) is 12.1 Å². The molecule has 1 unspecified atom stereocenters. The molecule has 0 amide bonds. The van der Waals surface area contributed by atoms with Crippen molar-refractivity contribution < 1.29 is 5.11 Å². The van der Waals surface area contributed by atoms with Crippen molar-refractivity contribution in [2.45, 2.75) is 6.10 Å². The Kier molecular flexibility index (Phi) is 2.62. The maximum atomic E-state index is 9.45. The highest BCUT2D eigenvalue weighted by atomic mass is 32.1. The van der Waals surface area contributed by atoms with Crippen LogP contribution >= 0.6 is 11.3 Å². The quantitative estimate of drug-likeness (QED) is 0.709. The third kappa shape index (κ3) is 1.70. The second-order valence-electron chi connectivity index (χ2n) is 2.91. The number of rotatable bonds is 3. The molecule has 4 N–H and O–H groups in total. The van der Waals surface area contributed by atoms with E-state index < -0.39 is 6.10 Å². The largest absolute Gasteiger partial charge is 0.385 e. The Balaban J connectivity index is 2.26. The average molecular weight is 209 g/mol. The normalized spacial score (nSPS) is 13.0. The molecule has 0 aromatic carbocycles. The standard InChI is InChI=1S/C9H11N3OS/c10-4-8(13)9-12-7(5-14-9)6-2-1-3-11-6/h1-3,5,8,11,13H,4,10H2. The van der Waals surface area contributed by atoms with Crippen molar-refractivity contribution in [1.29, 1.82) is 0 Å². The van der Waals surface area contributed by atoms with E-state index in [1.54, 1.807) is 0 Å². The first-order valence-corrected chi connectivity index (χ1v) is 5.16. The van der Waals surface area contributed by atoms with Crippen molar-refractivity contribution in [3.8, 4) is 11.4 Å². The number of hydrogen-bond acceptors (Lipinski definition) is 4. The predicted molar refractivity (Wildman–Crippen MR) is 55.9 cm³/mol. The second kappa shape index (κ2) is 3.91. The molecule has 2 aromatic rings. The SMILES string of the molecule is NCC(O)c1nc(-c2ccc[nH]2)cs1. The minimum atomic E-state index is -0.649. The van der Waals surface area contributed by atoms with Gasteiger partial charge in [0.1, 0.15) is 11.1 Å². The van der Waals surface area contributed by atoms with Crippen molar-refractivity contribution in [2.75, 3.05) is 6.54 Å². The van der Waals surface area contributed by atoms with E-state index in [-0.39, 0.29) is 6.54 Å². The van der Waals surface area contributed by atoms with Crippen LogP contribution in [-0.4, -0.2) is 21.6 Å². The van der Waals surface area contributed by atoms with Gasteiger partial charge in [0.2, 0.25) is 0 Å². The fraction of sp³-hybridized carbons (Fsp3) is 0.222. The lowest BCUT2D eigenvalue weighted by Crippen LogP contribution is -2.11. The van der Waals surface area contributed by atoms with Crippen molar-refractivity contribution in [3.05, 3.63) is 28.7 Å². The smallest absolute Gasteiger partial charge is 0.123 e. The first-order chi connectivity index (χ1) is 6.81. The fourth-order valence-corrected chi connectivity index (χ4v) is 1.97. The Morgan fingerprint density at radius 3 is 3.14 bits per heavy atom. The molecular formula is C9H11N3OS. The molecule has 2 heterocycles. The lowest BCUT2D eigenvalue weighted by atomic mass is 10.3. The number of hydrogen-bond donors (Lipinski definition) is 3. The third-order valence-electron chi connectivity index (χ3n) is 1.90. The zero-order valence-corrected chi connectivity index (χ0v) is 8.29. The number of nitrogens with one attached hydrogen (secondary N) is 1. The molecule has 0 fully saturated rings. The Labute approximate surface area is 85.4 Å². The number of nitrogens with two attached hydrogens (primary N) is 1. The van der Waals surface area contributed by atoms with Crippen LogP contribution in [0.5, 0.6) is 0 Å².